The summed E-state index contributed by atoms with van der Waals surface area (Å²) in [6, 6.07) is 45.1. The minimum Gasteiger partial charge on any atom is -0.497 e. The van der Waals surface area contributed by atoms with Gasteiger partial charge in [-0.2, -0.15) is 5.10 Å². The highest BCUT2D eigenvalue weighted by Crippen LogP contribution is 2.29. The van der Waals surface area contributed by atoms with Crippen LogP contribution in [0.15, 0.2) is 139 Å². The molecule has 0 saturated heterocycles. The molecule has 0 aliphatic carbocycles. The van der Waals surface area contributed by atoms with Crippen LogP contribution in [0.3, 0.4) is 0 Å². The molecule has 0 radical (unpaired) electrons. The van der Waals surface area contributed by atoms with Gasteiger partial charge in [-0.15, -0.1) is 0 Å². The fraction of sp³-hybridized carbons (Fsp3) is 0.0571. The van der Waals surface area contributed by atoms with Gasteiger partial charge in [0.05, 0.1) is 31.8 Å². The minimum absolute atomic E-state index is 0.798. The second-order valence-electron chi connectivity index (χ2n) is 8.91. The number of anilines is 2. The molecule has 0 atom stereocenters. The second-order valence-corrected chi connectivity index (χ2v) is 8.91. The molecule has 0 aliphatic rings. The molecule has 39 heavy (non-hydrogen) atoms. The maximum Gasteiger partial charge on any atom is 0.119 e. The smallest absolute Gasteiger partial charge is 0.119 e. The standard InChI is InChI=1S/C35H30N2O2/c1-38-33-21-17-31(18-22-33)37(32-19-23-34(39-2)24-20-32)36-26-28-15-13-27(14-16-28)25-35(29-9-5-3-6-10-29)30-11-7-4-8-12-30/h3-26H,1-2H3. The summed E-state index contributed by atoms with van der Waals surface area (Å²) in [5.41, 5.74) is 7.52. The lowest BCUT2D eigenvalue weighted by atomic mass is 9.95. The molecule has 0 spiro atoms. The maximum absolute atomic E-state index is 5.33. The Balaban J connectivity index is 1.43. The number of nitrogens with zero attached hydrogens (tertiary/aromatic N) is 2. The van der Waals surface area contributed by atoms with Crippen LogP contribution in [0.2, 0.25) is 0 Å². The highest BCUT2D eigenvalue weighted by Gasteiger charge is 2.09. The van der Waals surface area contributed by atoms with Gasteiger partial charge in [0.25, 0.3) is 0 Å². The molecule has 0 heterocycles. The number of methoxy groups -OCH3 is 2. The van der Waals surface area contributed by atoms with E-state index in [9.17, 15) is 0 Å². The van der Waals surface area contributed by atoms with Gasteiger partial charge in [-0.05, 0) is 82.4 Å². The van der Waals surface area contributed by atoms with Gasteiger partial charge in [-0.3, -0.25) is 0 Å². The predicted molar refractivity (Wildman–Crippen MR) is 162 cm³/mol. The van der Waals surface area contributed by atoms with Gasteiger partial charge < -0.3 is 9.47 Å². The van der Waals surface area contributed by atoms with Crippen LogP contribution in [0.4, 0.5) is 11.4 Å². The van der Waals surface area contributed by atoms with Crippen LogP contribution in [0, 0.1) is 0 Å². The van der Waals surface area contributed by atoms with Crippen molar-refractivity contribution in [2.24, 2.45) is 5.10 Å². The molecule has 0 fully saturated rings. The number of ether oxygens (including phenoxy) is 2. The summed E-state index contributed by atoms with van der Waals surface area (Å²) < 4.78 is 10.7. The van der Waals surface area contributed by atoms with Gasteiger partial charge in [0.2, 0.25) is 0 Å². The summed E-state index contributed by atoms with van der Waals surface area (Å²) >= 11 is 0. The Labute approximate surface area is 230 Å². The van der Waals surface area contributed by atoms with Crippen LogP contribution >= 0.6 is 0 Å². The average Bonchev–Trinajstić information content (AvgIpc) is 3.02. The second kappa shape index (κ2) is 12.4. The average molecular weight is 511 g/mol. The number of hydrogen-bond donors (Lipinski definition) is 0. The van der Waals surface area contributed by atoms with Gasteiger partial charge in [0.15, 0.2) is 0 Å². The van der Waals surface area contributed by atoms with Crippen molar-refractivity contribution in [3.8, 4) is 11.5 Å². The Hall–Kier alpha value is -5.09. The first-order chi connectivity index (χ1) is 19.2. The Kier molecular flexibility index (Phi) is 8.15. The van der Waals surface area contributed by atoms with Gasteiger partial charge in [0.1, 0.15) is 11.5 Å². The molecular weight excluding hydrogens is 480 g/mol. The molecule has 4 heteroatoms. The summed E-state index contributed by atoms with van der Waals surface area (Å²) in [6.45, 7) is 0. The summed E-state index contributed by atoms with van der Waals surface area (Å²) in [5.74, 6) is 1.60. The van der Waals surface area contributed by atoms with Crippen molar-refractivity contribution in [1.82, 2.24) is 0 Å². The molecule has 4 nitrogen and oxygen atoms in total. The Bertz CT molecular complexity index is 1440. The number of hydrazone groups is 1. The minimum atomic E-state index is 0.798. The summed E-state index contributed by atoms with van der Waals surface area (Å²) in [6.07, 6.45) is 4.10. The molecule has 5 rings (SSSR count). The first-order valence-electron chi connectivity index (χ1n) is 12.8. The lowest BCUT2D eigenvalue weighted by Gasteiger charge is -2.20. The Morgan fingerprint density at radius 2 is 0.974 bits per heavy atom. The molecule has 192 valence electrons. The van der Waals surface area contributed by atoms with E-state index in [0.717, 1.165) is 34.0 Å². The first kappa shape index (κ1) is 25.6. The fourth-order valence-corrected chi connectivity index (χ4v) is 4.27. The highest BCUT2D eigenvalue weighted by molar-refractivity contribution is 5.92. The van der Waals surface area contributed by atoms with Gasteiger partial charge in [0, 0.05) is 0 Å². The van der Waals surface area contributed by atoms with E-state index >= 15 is 0 Å². The van der Waals surface area contributed by atoms with E-state index < -0.39 is 0 Å². The normalized spacial score (nSPS) is 10.7. The molecule has 5 aromatic rings. The van der Waals surface area contributed by atoms with E-state index in [4.69, 9.17) is 14.6 Å². The molecule has 0 aliphatic heterocycles. The first-order valence-corrected chi connectivity index (χ1v) is 12.8. The summed E-state index contributed by atoms with van der Waals surface area (Å²) in [4.78, 5) is 0. The topological polar surface area (TPSA) is 34.1 Å². The zero-order chi connectivity index (χ0) is 26.9. The van der Waals surface area contributed by atoms with Crippen molar-refractivity contribution in [1.29, 1.82) is 0 Å². The summed E-state index contributed by atoms with van der Waals surface area (Å²) in [5, 5.41) is 6.74. The van der Waals surface area contributed by atoms with E-state index in [-0.39, 0.29) is 0 Å². The zero-order valence-electron chi connectivity index (χ0n) is 22.1. The largest absolute Gasteiger partial charge is 0.497 e. The third kappa shape index (κ3) is 6.43. The highest BCUT2D eigenvalue weighted by atomic mass is 16.5. The monoisotopic (exact) mass is 510 g/mol. The molecule has 0 aromatic heterocycles. The lowest BCUT2D eigenvalue weighted by molar-refractivity contribution is 0.415. The van der Waals surface area contributed by atoms with Crippen molar-refractivity contribution in [3.63, 3.8) is 0 Å². The molecular formula is C35H30N2O2. The van der Waals surface area contributed by atoms with E-state index in [2.05, 4.69) is 78.9 Å². The van der Waals surface area contributed by atoms with E-state index in [1.165, 1.54) is 16.7 Å². The van der Waals surface area contributed by atoms with Crippen molar-refractivity contribution in [2.45, 2.75) is 0 Å². The van der Waals surface area contributed by atoms with Crippen LogP contribution in [0.1, 0.15) is 22.3 Å². The summed E-state index contributed by atoms with van der Waals surface area (Å²) in [7, 11) is 3.33. The molecule has 0 amide bonds. The molecule has 0 unspecified atom stereocenters. The van der Waals surface area contributed by atoms with Crippen LogP contribution in [-0.4, -0.2) is 20.4 Å². The number of rotatable bonds is 9. The van der Waals surface area contributed by atoms with Gasteiger partial charge in [-0.1, -0.05) is 84.9 Å². The van der Waals surface area contributed by atoms with Crippen LogP contribution in [0.25, 0.3) is 11.6 Å². The van der Waals surface area contributed by atoms with E-state index in [0.29, 0.717) is 0 Å². The molecule has 0 bridgehead atoms. The third-order valence-electron chi connectivity index (χ3n) is 6.37. The number of benzene rings is 5. The van der Waals surface area contributed by atoms with E-state index in [1.54, 1.807) is 14.2 Å². The van der Waals surface area contributed by atoms with Crippen molar-refractivity contribution in [2.75, 3.05) is 19.2 Å². The van der Waals surface area contributed by atoms with Crippen LogP contribution in [-0.2, 0) is 0 Å². The number of hydrogen-bond acceptors (Lipinski definition) is 4. The maximum atomic E-state index is 5.33. The SMILES string of the molecule is COc1ccc(N(N=Cc2ccc(C=C(c3ccccc3)c3ccccc3)cc2)c2ccc(OC)cc2)cc1. The molecule has 0 saturated carbocycles. The quantitative estimate of drug-likeness (QED) is 0.113. The van der Waals surface area contributed by atoms with Crippen LogP contribution < -0.4 is 14.5 Å². The van der Waals surface area contributed by atoms with Gasteiger partial charge >= 0.3 is 0 Å². The van der Waals surface area contributed by atoms with Crippen molar-refractivity contribution in [3.05, 3.63) is 156 Å². The fourth-order valence-electron chi connectivity index (χ4n) is 4.27. The molecule has 0 N–H and O–H groups in total. The zero-order valence-corrected chi connectivity index (χ0v) is 22.1. The van der Waals surface area contributed by atoms with Crippen molar-refractivity contribution >= 4 is 29.2 Å². The third-order valence-corrected chi connectivity index (χ3v) is 6.37. The lowest BCUT2D eigenvalue weighted by Crippen LogP contribution is -2.09. The Morgan fingerprint density at radius 1 is 0.538 bits per heavy atom. The van der Waals surface area contributed by atoms with Crippen molar-refractivity contribution < 1.29 is 9.47 Å². The Morgan fingerprint density at radius 3 is 1.41 bits per heavy atom. The van der Waals surface area contributed by atoms with E-state index in [1.807, 2.05) is 71.9 Å². The van der Waals surface area contributed by atoms with Crippen LogP contribution in [0.5, 0.6) is 11.5 Å². The van der Waals surface area contributed by atoms with Gasteiger partial charge in [-0.25, -0.2) is 5.01 Å². The predicted octanol–water partition coefficient (Wildman–Crippen LogP) is 8.46. The molecule has 5 aromatic carbocycles.